The molecule has 7 nitrogen and oxygen atoms in total. The molecule has 3 aromatic heterocycles. The number of hydrogen-bond donors (Lipinski definition) is 2. The number of fused-ring (bicyclic) bond motifs is 1. The van der Waals surface area contributed by atoms with E-state index >= 15 is 0 Å². The number of aromatic nitrogens is 4. The molecule has 0 fully saturated rings. The fraction of sp³-hybridized carbons (Fsp3) is 0.182. The van der Waals surface area contributed by atoms with Gasteiger partial charge in [-0.2, -0.15) is 10.4 Å². The number of halogens is 1. The van der Waals surface area contributed by atoms with Gasteiger partial charge in [0.05, 0.1) is 23.3 Å². The highest BCUT2D eigenvalue weighted by Crippen LogP contribution is 2.36. The molecule has 1 aromatic carbocycles. The van der Waals surface area contributed by atoms with E-state index in [1.165, 1.54) is 0 Å². The number of hydrogen-bond acceptors (Lipinski definition) is 6. The van der Waals surface area contributed by atoms with Crippen molar-refractivity contribution in [2.75, 3.05) is 11.9 Å². The third kappa shape index (κ3) is 3.96. The van der Waals surface area contributed by atoms with E-state index in [9.17, 15) is 10.4 Å². The Morgan fingerprint density at radius 1 is 1.20 bits per heavy atom. The number of nitriles is 1. The Morgan fingerprint density at radius 3 is 2.77 bits per heavy atom. The van der Waals surface area contributed by atoms with Crippen LogP contribution in [0.5, 0.6) is 0 Å². The van der Waals surface area contributed by atoms with Crippen LogP contribution in [0.4, 0.5) is 5.82 Å². The maximum absolute atomic E-state index is 9.57. The predicted molar refractivity (Wildman–Crippen MR) is 116 cm³/mol. The van der Waals surface area contributed by atoms with Gasteiger partial charge in [-0.05, 0) is 49.7 Å². The maximum Gasteiger partial charge on any atom is 0.165 e. The average Bonchev–Trinajstić information content (AvgIpc) is 3.10. The molecule has 4 rings (SSSR count). The van der Waals surface area contributed by atoms with Crippen LogP contribution < -0.4 is 5.32 Å². The van der Waals surface area contributed by atoms with Crippen LogP contribution in [0, 0.1) is 18.3 Å². The van der Waals surface area contributed by atoms with Crippen molar-refractivity contribution in [2.45, 2.75) is 20.0 Å². The van der Waals surface area contributed by atoms with Gasteiger partial charge in [-0.1, -0.05) is 23.7 Å². The Balaban J connectivity index is 1.97. The number of aliphatic hydroxyl groups is 1. The number of nitrogens with zero attached hydrogens (tertiary/aromatic N) is 5. The molecule has 0 bridgehead atoms. The van der Waals surface area contributed by atoms with Crippen LogP contribution in [0.25, 0.3) is 28.0 Å². The van der Waals surface area contributed by atoms with Crippen molar-refractivity contribution in [1.82, 2.24) is 19.6 Å². The lowest BCUT2D eigenvalue weighted by molar-refractivity contribution is 0.208. The summed E-state index contributed by atoms with van der Waals surface area (Å²) in [7, 11) is 0. The van der Waals surface area contributed by atoms with Crippen LogP contribution >= 0.6 is 11.6 Å². The Labute approximate surface area is 178 Å². The molecule has 30 heavy (non-hydrogen) atoms. The van der Waals surface area contributed by atoms with Gasteiger partial charge in [0.25, 0.3) is 0 Å². The Bertz CT molecular complexity index is 1250. The SMILES string of the molecule is Cc1cc(-c2c(-c3cccc(C#N)c3)nn3ccc(NCC(C)O)nc23)cc(Cl)n1. The summed E-state index contributed by atoms with van der Waals surface area (Å²) in [6.45, 7) is 3.96. The van der Waals surface area contributed by atoms with E-state index in [0.717, 1.165) is 22.4 Å². The summed E-state index contributed by atoms with van der Waals surface area (Å²) in [5, 5.41) is 27.1. The molecule has 0 aliphatic rings. The highest BCUT2D eigenvalue weighted by molar-refractivity contribution is 6.29. The Hall–Kier alpha value is -3.47. The number of nitrogens with one attached hydrogen (secondary N) is 1. The lowest BCUT2D eigenvalue weighted by Gasteiger charge is -2.09. The first-order valence-electron chi connectivity index (χ1n) is 9.41. The van der Waals surface area contributed by atoms with Gasteiger partial charge in [0.15, 0.2) is 5.65 Å². The molecule has 150 valence electrons. The topological polar surface area (TPSA) is 99.1 Å². The van der Waals surface area contributed by atoms with E-state index in [2.05, 4.69) is 16.4 Å². The van der Waals surface area contributed by atoms with Crippen LogP contribution in [0.2, 0.25) is 5.15 Å². The molecular weight excluding hydrogens is 400 g/mol. The molecule has 8 heteroatoms. The molecule has 4 aromatic rings. The van der Waals surface area contributed by atoms with E-state index in [1.54, 1.807) is 35.7 Å². The van der Waals surface area contributed by atoms with Crippen LogP contribution in [-0.2, 0) is 0 Å². The van der Waals surface area contributed by atoms with Crippen molar-refractivity contribution in [3.8, 4) is 28.5 Å². The number of aliphatic hydroxyl groups excluding tert-OH is 1. The normalized spacial score (nSPS) is 12.0. The van der Waals surface area contributed by atoms with Gasteiger partial charge in [0, 0.05) is 24.0 Å². The molecule has 0 spiro atoms. The van der Waals surface area contributed by atoms with Gasteiger partial charge in [-0.3, -0.25) is 0 Å². The highest BCUT2D eigenvalue weighted by Gasteiger charge is 2.19. The standard InChI is InChI=1S/C22H19ClN6O/c1-13-8-17(10-18(23)26-13)20-21(16-5-3-4-15(9-16)11-24)28-29-7-6-19(27-22(20)29)25-12-14(2)30/h3-10,14,30H,12H2,1-2H3,(H,25,27). The molecule has 0 aliphatic carbocycles. The first-order valence-corrected chi connectivity index (χ1v) is 9.79. The first kappa shape index (κ1) is 19.8. The second-order valence-electron chi connectivity index (χ2n) is 7.05. The maximum atomic E-state index is 9.57. The van der Waals surface area contributed by atoms with Crippen molar-refractivity contribution in [3.63, 3.8) is 0 Å². The summed E-state index contributed by atoms with van der Waals surface area (Å²) < 4.78 is 1.70. The number of rotatable bonds is 5. The number of pyridine rings is 1. The quantitative estimate of drug-likeness (QED) is 0.474. The van der Waals surface area contributed by atoms with Crippen LogP contribution in [0.3, 0.4) is 0 Å². The molecule has 0 saturated carbocycles. The summed E-state index contributed by atoms with van der Waals surface area (Å²) >= 11 is 6.24. The second-order valence-corrected chi connectivity index (χ2v) is 7.43. The Morgan fingerprint density at radius 2 is 2.03 bits per heavy atom. The molecular formula is C22H19ClN6O. The third-order valence-electron chi connectivity index (χ3n) is 4.54. The van der Waals surface area contributed by atoms with Crippen LogP contribution in [0.15, 0.2) is 48.7 Å². The monoisotopic (exact) mass is 418 g/mol. The van der Waals surface area contributed by atoms with Gasteiger partial charge < -0.3 is 10.4 Å². The predicted octanol–water partition coefficient (Wildman–Crippen LogP) is 4.08. The zero-order valence-corrected chi connectivity index (χ0v) is 17.2. The largest absolute Gasteiger partial charge is 0.392 e. The number of benzene rings is 1. The van der Waals surface area contributed by atoms with Crippen molar-refractivity contribution in [1.29, 1.82) is 5.26 Å². The smallest absolute Gasteiger partial charge is 0.165 e. The number of anilines is 1. The molecule has 0 radical (unpaired) electrons. The van der Waals surface area contributed by atoms with Gasteiger partial charge in [-0.25, -0.2) is 14.5 Å². The second kappa shape index (κ2) is 8.11. The van der Waals surface area contributed by atoms with E-state index in [-0.39, 0.29) is 0 Å². The zero-order valence-electron chi connectivity index (χ0n) is 16.5. The van der Waals surface area contributed by atoms with Crippen LogP contribution in [-0.4, -0.2) is 37.3 Å². The van der Waals surface area contributed by atoms with Crippen molar-refractivity contribution in [3.05, 3.63) is 65.1 Å². The summed E-state index contributed by atoms with van der Waals surface area (Å²) in [6.07, 6.45) is 1.31. The highest BCUT2D eigenvalue weighted by atomic mass is 35.5. The van der Waals surface area contributed by atoms with Gasteiger partial charge in [0.1, 0.15) is 16.7 Å². The molecule has 0 amide bonds. The van der Waals surface area contributed by atoms with Gasteiger partial charge in [-0.15, -0.1) is 0 Å². The average molecular weight is 419 g/mol. The molecule has 1 unspecified atom stereocenters. The minimum Gasteiger partial charge on any atom is -0.392 e. The fourth-order valence-electron chi connectivity index (χ4n) is 3.26. The summed E-state index contributed by atoms with van der Waals surface area (Å²) in [5.41, 5.74) is 5.07. The van der Waals surface area contributed by atoms with E-state index in [0.29, 0.717) is 34.4 Å². The minimum atomic E-state index is -0.502. The molecule has 2 N–H and O–H groups in total. The van der Waals surface area contributed by atoms with Gasteiger partial charge in [0.2, 0.25) is 0 Å². The lowest BCUT2D eigenvalue weighted by Crippen LogP contribution is -2.16. The van der Waals surface area contributed by atoms with E-state index in [4.69, 9.17) is 21.7 Å². The fourth-order valence-corrected chi connectivity index (χ4v) is 3.51. The van der Waals surface area contributed by atoms with E-state index < -0.39 is 6.10 Å². The minimum absolute atomic E-state index is 0.379. The van der Waals surface area contributed by atoms with Gasteiger partial charge >= 0.3 is 0 Å². The lowest BCUT2D eigenvalue weighted by atomic mass is 10.00. The third-order valence-corrected chi connectivity index (χ3v) is 4.73. The molecule has 1 atom stereocenters. The van der Waals surface area contributed by atoms with Crippen molar-refractivity contribution >= 4 is 23.1 Å². The first-order chi connectivity index (χ1) is 14.4. The summed E-state index contributed by atoms with van der Waals surface area (Å²) in [6, 6.07) is 15.0. The Kier molecular flexibility index (Phi) is 5.36. The molecule has 0 saturated heterocycles. The number of aryl methyl sites for hydroxylation is 1. The summed E-state index contributed by atoms with van der Waals surface area (Å²) in [5.74, 6) is 0.624. The van der Waals surface area contributed by atoms with E-state index in [1.807, 2.05) is 31.3 Å². The summed E-state index contributed by atoms with van der Waals surface area (Å²) in [4.78, 5) is 8.98. The van der Waals surface area contributed by atoms with Crippen LogP contribution in [0.1, 0.15) is 18.2 Å². The zero-order chi connectivity index (χ0) is 21.3. The molecule has 3 heterocycles. The van der Waals surface area contributed by atoms with Crippen molar-refractivity contribution in [2.24, 2.45) is 0 Å². The molecule has 0 aliphatic heterocycles. The van der Waals surface area contributed by atoms with Crippen molar-refractivity contribution < 1.29 is 5.11 Å².